The zero-order valence-electron chi connectivity index (χ0n) is 55.1. The fraction of sp³-hybridized carbons (Fsp3) is 0.838. The van der Waals surface area contributed by atoms with E-state index < -0.39 is 49.5 Å². The third-order valence-corrected chi connectivity index (χ3v) is 16.9. The molecule has 6 N–H and O–H groups in total. The lowest BCUT2D eigenvalue weighted by Crippen LogP contribution is -2.60. The van der Waals surface area contributed by atoms with Gasteiger partial charge in [0.05, 0.1) is 32.0 Å². The van der Waals surface area contributed by atoms with Crippen LogP contribution in [-0.2, 0) is 23.8 Å². The van der Waals surface area contributed by atoms with Crippen LogP contribution < -0.4 is 5.32 Å². The van der Waals surface area contributed by atoms with Crippen molar-refractivity contribution in [3.8, 4) is 0 Å². The van der Waals surface area contributed by atoms with Gasteiger partial charge >= 0.3 is 5.97 Å². The third kappa shape index (κ3) is 51.9. The second-order valence-corrected chi connectivity index (χ2v) is 24.9. The molecule has 1 saturated heterocycles. The van der Waals surface area contributed by atoms with Crippen molar-refractivity contribution < 1.29 is 49.3 Å². The predicted molar refractivity (Wildman–Crippen MR) is 357 cm³/mol. The standard InChI is InChI=1S/C74H135NO10/c1-3-5-7-9-11-13-14-15-16-36-39-42-46-50-54-58-62-70(79)83-63-59-55-51-47-43-40-37-34-32-30-28-26-24-22-20-18-17-19-21-23-25-27-29-31-33-35-38-41-45-49-53-57-61-69(78)75-66(67(77)60-56-52-48-44-12-10-8-6-4-2)65-84-74-73(82)72(81)71(80)68(64-76)85-74/h4,6,12,16,20,22,36,44,56,60,66-68,71-74,76-77,80-82H,3,5,7-11,13-15,17-19,21,23-35,37-43,45-55,57-59,61-65H2,1-2H3,(H,75,78)/b6-4+,22-20-,36-16-,44-12+,60-56+. The number of unbranched alkanes of at least 4 members (excludes halogenated alkanes) is 42. The number of carbonyl (C=O) groups is 2. The van der Waals surface area contributed by atoms with E-state index in [4.69, 9.17) is 14.2 Å². The van der Waals surface area contributed by atoms with Gasteiger partial charge in [-0.05, 0) is 103 Å². The Bertz CT molecular complexity index is 1600. The number of esters is 1. The topological polar surface area (TPSA) is 175 Å². The Morgan fingerprint density at radius 2 is 0.812 bits per heavy atom. The van der Waals surface area contributed by atoms with E-state index in [1.165, 1.54) is 244 Å². The Morgan fingerprint density at radius 1 is 0.447 bits per heavy atom. The quantitative estimate of drug-likeness (QED) is 0.0195. The van der Waals surface area contributed by atoms with E-state index in [0.717, 1.165) is 64.2 Å². The minimum atomic E-state index is -1.58. The average molecular weight is 1200 g/mol. The summed E-state index contributed by atoms with van der Waals surface area (Å²) in [5.41, 5.74) is 0. The smallest absolute Gasteiger partial charge is 0.305 e. The number of ether oxygens (including phenoxy) is 3. The number of aliphatic hydroxyl groups excluding tert-OH is 5. The van der Waals surface area contributed by atoms with Crippen LogP contribution in [0, 0.1) is 0 Å². The molecule has 1 heterocycles. The lowest BCUT2D eigenvalue weighted by molar-refractivity contribution is -0.302. The van der Waals surface area contributed by atoms with Crippen molar-refractivity contribution in [2.24, 2.45) is 0 Å². The van der Waals surface area contributed by atoms with Crippen LogP contribution >= 0.6 is 0 Å². The number of hydrogen-bond donors (Lipinski definition) is 6. The molecule has 1 fully saturated rings. The highest BCUT2D eigenvalue weighted by Crippen LogP contribution is 2.23. The number of rotatable bonds is 63. The van der Waals surface area contributed by atoms with Crippen molar-refractivity contribution in [2.45, 2.75) is 378 Å². The molecule has 0 aromatic heterocycles. The maximum atomic E-state index is 13.0. The molecule has 0 aliphatic carbocycles. The molecule has 0 saturated carbocycles. The largest absolute Gasteiger partial charge is 0.466 e. The van der Waals surface area contributed by atoms with E-state index in [2.05, 4.69) is 54.8 Å². The highest BCUT2D eigenvalue weighted by atomic mass is 16.7. The molecular formula is C74H135NO10. The zero-order chi connectivity index (χ0) is 61.6. The fourth-order valence-electron chi connectivity index (χ4n) is 11.2. The highest BCUT2D eigenvalue weighted by molar-refractivity contribution is 5.76. The molecule has 0 aromatic rings. The Labute approximate surface area is 522 Å². The van der Waals surface area contributed by atoms with E-state index >= 15 is 0 Å². The maximum absolute atomic E-state index is 13.0. The molecular weight excluding hydrogens is 1060 g/mol. The molecule has 496 valence electrons. The van der Waals surface area contributed by atoms with Crippen molar-refractivity contribution in [3.05, 3.63) is 60.8 Å². The second kappa shape index (κ2) is 62.9. The van der Waals surface area contributed by atoms with Gasteiger partial charge in [-0.3, -0.25) is 9.59 Å². The summed E-state index contributed by atoms with van der Waals surface area (Å²) in [6, 6.07) is -0.832. The van der Waals surface area contributed by atoms with Crippen LogP contribution in [-0.4, -0.2) is 100 Å². The van der Waals surface area contributed by atoms with E-state index in [1.807, 2.05) is 19.1 Å². The van der Waals surface area contributed by atoms with Crippen molar-refractivity contribution in [1.29, 1.82) is 0 Å². The summed E-state index contributed by atoms with van der Waals surface area (Å²) < 4.78 is 16.7. The van der Waals surface area contributed by atoms with Crippen LogP contribution in [0.3, 0.4) is 0 Å². The van der Waals surface area contributed by atoms with Gasteiger partial charge in [0.15, 0.2) is 6.29 Å². The first-order valence-electron chi connectivity index (χ1n) is 36.0. The van der Waals surface area contributed by atoms with Crippen LogP contribution in [0.2, 0.25) is 0 Å². The molecule has 11 nitrogen and oxygen atoms in total. The zero-order valence-corrected chi connectivity index (χ0v) is 55.1. The third-order valence-electron chi connectivity index (χ3n) is 16.9. The second-order valence-electron chi connectivity index (χ2n) is 24.9. The van der Waals surface area contributed by atoms with Gasteiger partial charge in [-0.25, -0.2) is 0 Å². The molecule has 11 heteroatoms. The minimum Gasteiger partial charge on any atom is -0.466 e. The van der Waals surface area contributed by atoms with Crippen LogP contribution in [0.25, 0.3) is 0 Å². The molecule has 85 heavy (non-hydrogen) atoms. The van der Waals surface area contributed by atoms with E-state index in [9.17, 15) is 35.1 Å². The molecule has 1 rings (SSSR count). The average Bonchev–Trinajstić information content (AvgIpc) is 3.70. The van der Waals surface area contributed by atoms with Crippen LogP contribution in [0.1, 0.15) is 335 Å². The lowest BCUT2D eigenvalue weighted by Gasteiger charge is -2.40. The summed E-state index contributed by atoms with van der Waals surface area (Å²) in [4.78, 5) is 25.1. The fourth-order valence-corrected chi connectivity index (χ4v) is 11.2. The molecule has 0 radical (unpaired) electrons. The van der Waals surface area contributed by atoms with Gasteiger partial charge in [-0.1, -0.05) is 280 Å². The van der Waals surface area contributed by atoms with Gasteiger partial charge in [0, 0.05) is 12.8 Å². The monoisotopic (exact) mass is 1200 g/mol. The van der Waals surface area contributed by atoms with Crippen molar-refractivity contribution in [2.75, 3.05) is 19.8 Å². The first-order valence-corrected chi connectivity index (χ1v) is 36.0. The molecule has 7 atom stereocenters. The number of nitrogens with one attached hydrogen (secondary N) is 1. The molecule has 1 amide bonds. The van der Waals surface area contributed by atoms with Crippen LogP contribution in [0.5, 0.6) is 0 Å². The van der Waals surface area contributed by atoms with Crippen molar-refractivity contribution in [3.63, 3.8) is 0 Å². The number of aliphatic hydroxyl groups is 5. The number of allylic oxidation sites excluding steroid dienone is 9. The Hall–Kier alpha value is -2.64. The normalized spacial score (nSPS) is 18.3. The van der Waals surface area contributed by atoms with Gasteiger partial charge in [0.1, 0.15) is 24.4 Å². The molecule has 0 bridgehead atoms. The summed E-state index contributed by atoms with van der Waals surface area (Å²) in [6.45, 7) is 4.11. The van der Waals surface area contributed by atoms with Gasteiger partial charge in [-0.15, -0.1) is 0 Å². The van der Waals surface area contributed by atoms with Crippen LogP contribution in [0.4, 0.5) is 0 Å². The first kappa shape index (κ1) is 80.4. The molecule has 0 aromatic carbocycles. The summed E-state index contributed by atoms with van der Waals surface area (Å²) in [6.07, 6.45) is 74.1. The van der Waals surface area contributed by atoms with Crippen molar-refractivity contribution in [1.82, 2.24) is 5.32 Å². The molecule has 7 unspecified atom stereocenters. The summed E-state index contributed by atoms with van der Waals surface area (Å²) in [7, 11) is 0. The summed E-state index contributed by atoms with van der Waals surface area (Å²) in [5, 5.41) is 54.2. The summed E-state index contributed by atoms with van der Waals surface area (Å²) >= 11 is 0. The van der Waals surface area contributed by atoms with Gasteiger partial charge in [-0.2, -0.15) is 0 Å². The van der Waals surface area contributed by atoms with Gasteiger partial charge in [0.2, 0.25) is 5.91 Å². The van der Waals surface area contributed by atoms with E-state index in [1.54, 1.807) is 6.08 Å². The number of carbonyl (C=O) groups excluding carboxylic acids is 2. The van der Waals surface area contributed by atoms with E-state index in [0.29, 0.717) is 19.4 Å². The molecule has 1 aliphatic heterocycles. The number of amides is 1. The molecule has 0 spiro atoms. The Morgan fingerprint density at radius 3 is 1.24 bits per heavy atom. The van der Waals surface area contributed by atoms with E-state index in [-0.39, 0.29) is 18.5 Å². The molecule has 1 aliphatic rings. The lowest BCUT2D eigenvalue weighted by atomic mass is 9.99. The van der Waals surface area contributed by atoms with Gasteiger partial charge < -0.3 is 45.1 Å². The van der Waals surface area contributed by atoms with Crippen LogP contribution in [0.15, 0.2) is 60.8 Å². The van der Waals surface area contributed by atoms with Crippen molar-refractivity contribution >= 4 is 11.9 Å². The summed E-state index contributed by atoms with van der Waals surface area (Å²) in [5.74, 6) is -0.194. The SMILES string of the molecule is C/C=C/CC/C=C/CC/C=C/C(O)C(COC1OC(CO)C(O)C(O)C1O)NC(=O)CCCCCCCCCCCCCCCCCC/C=C\CCCCCCCCCCCCCCOC(=O)CCCCCCC/C=C\CCCCCCCCC. The maximum Gasteiger partial charge on any atom is 0.305 e. The highest BCUT2D eigenvalue weighted by Gasteiger charge is 2.44. The minimum absolute atomic E-state index is 0.00267. The Balaban J connectivity index is 1.90. The first-order chi connectivity index (χ1) is 41.7. The van der Waals surface area contributed by atoms with Gasteiger partial charge in [0.25, 0.3) is 0 Å². The number of hydrogen-bond acceptors (Lipinski definition) is 10. The predicted octanol–water partition coefficient (Wildman–Crippen LogP) is 18.5. The Kier molecular flexibility index (Phi) is 59.5.